The van der Waals surface area contributed by atoms with E-state index in [0.29, 0.717) is 66.5 Å². The molecule has 2 aromatic heterocycles. The topological polar surface area (TPSA) is 166 Å². The average Bonchev–Trinajstić information content (AvgIpc) is 3.34. The number of aromatic nitrogens is 4. The average molecular weight is 556 g/mol. The third kappa shape index (κ3) is 5.04. The van der Waals surface area contributed by atoms with Gasteiger partial charge in [-0.1, -0.05) is 12.2 Å². The van der Waals surface area contributed by atoms with Gasteiger partial charge in [0.15, 0.2) is 0 Å². The van der Waals surface area contributed by atoms with Crippen molar-refractivity contribution in [3.63, 3.8) is 0 Å². The maximum absolute atomic E-state index is 11.8. The van der Waals surface area contributed by atoms with Crippen molar-refractivity contribution in [2.75, 3.05) is 31.8 Å². The standard InChI is InChI=1S/C24H26BrN7O4/c1-35-7-4-8-36-19-12-15(22(26)34)11-18-21(19)32(24(28)30-18)6-3-2-5-31-20-16(25)9-14(13-33)10-17(20)29-23(31)27/h2-3,9-13H,4-8H2,1H3,(H2,26,34)(H2,27,29)(H2,28,30)/b3-2+. The zero-order valence-electron chi connectivity index (χ0n) is 19.6. The molecule has 2 aromatic carbocycles. The number of carbonyl (C=O) groups excluding carboxylic acids is 2. The predicted molar refractivity (Wildman–Crippen MR) is 141 cm³/mol. The summed E-state index contributed by atoms with van der Waals surface area (Å²) in [5.41, 5.74) is 21.2. The SMILES string of the molecule is COCCCOc1cc(C(N)=O)cc2nc(N)n(C/C=C/Cn3c(N)nc4cc(C=O)cc(Br)c43)c12. The molecule has 6 N–H and O–H groups in total. The number of amides is 1. The van der Waals surface area contributed by atoms with Crippen molar-refractivity contribution in [2.24, 2.45) is 5.73 Å². The number of hydrogen-bond donors (Lipinski definition) is 3. The molecule has 188 valence electrons. The molecule has 36 heavy (non-hydrogen) atoms. The highest BCUT2D eigenvalue weighted by atomic mass is 79.9. The summed E-state index contributed by atoms with van der Waals surface area (Å²) >= 11 is 3.50. The number of allylic oxidation sites excluding steroid dienone is 2. The Balaban J connectivity index is 1.61. The second-order valence-corrected chi connectivity index (χ2v) is 8.88. The largest absolute Gasteiger partial charge is 0.491 e. The molecule has 0 saturated heterocycles. The van der Waals surface area contributed by atoms with Crippen LogP contribution in [0.2, 0.25) is 0 Å². The van der Waals surface area contributed by atoms with Crippen LogP contribution in [-0.4, -0.2) is 51.6 Å². The van der Waals surface area contributed by atoms with Crippen molar-refractivity contribution in [3.8, 4) is 5.75 Å². The van der Waals surface area contributed by atoms with Crippen LogP contribution in [0.1, 0.15) is 27.1 Å². The van der Waals surface area contributed by atoms with Crippen LogP contribution >= 0.6 is 15.9 Å². The van der Waals surface area contributed by atoms with E-state index in [2.05, 4.69) is 25.9 Å². The van der Waals surface area contributed by atoms with Gasteiger partial charge < -0.3 is 35.8 Å². The van der Waals surface area contributed by atoms with Crippen molar-refractivity contribution < 1.29 is 19.1 Å². The first kappa shape index (κ1) is 25.2. The maximum atomic E-state index is 11.8. The molecule has 12 heteroatoms. The molecule has 0 atom stereocenters. The lowest BCUT2D eigenvalue weighted by atomic mass is 10.1. The minimum atomic E-state index is -0.580. The van der Waals surface area contributed by atoms with E-state index in [4.69, 9.17) is 26.7 Å². The maximum Gasteiger partial charge on any atom is 0.248 e. The molecule has 4 rings (SSSR count). The minimum absolute atomic E-state index is 0.273. The second-order valence-electron chi connectivity index (χ2n) is 8.02. The Morgan fingerprint density at radius 1 is 1.00 bits per heavy atom. The van der Waals surface area contributed by atoms with Crippen LogP contribution in [0.4, 0.5) is 11.9 Å². The fourth-order valence-corrected chi connectivity index (χ4v) is 4.62. The normalized spacial score (nSPS) is 11.6. The summed E-state index contributed by atoms with van der Waals surface area (Å²) in [6.07, 6.45) is 5.29. The number of primary amides is 1. The van der Waals surface area contributed by atoms with E-state index in [9.17, 15) is 9.59 Å². The van der Waals surface area contributed by atoms with Crippen LogP contribution in [0.3, 0.4) is 0 Å². The summed E-state index contributed by atoms with van der Waals surface area (Å²) in [4.78, 5) is 31.7. The summed E-state index contributed by atoms with van der Waals surface area (Å²) in [6, 6.07) is 6.61. The quantitative estimate of drug-likeness (QED) is 0.144. The van der Waals surface area contributed by atoms with E-state index in [-0.39, 0.29) is 11.5 Å². The fraction of sp³-hybridized carbons (Fsp3) is 0.250. The molecule has 0 aliphatic carbocycles. The summed E-state index contributed by atoms with van der Waals surface area (Å²) in [5, 5.41) is 0. The highest BCUT2D eigenvalue weighted by molar-refractivity contribution is 9.10. The Morgan fingerprint density at radius 3 is 2.25 bits per heavy atom. The van der Waals surface area contributed by atoms with Crippen LogP contribution in [-0.2, 0) is 17.8 Å². The van der Waals surface area contributed by atoms with Gasteiger partial charge >= 0.3 is 0 Å². The third-order valence-electron chi connectivity index (χ3n) is 5.60. The van der Waals surface area contributed by atoms with Crippen molar-refractivity contribution in [2.45, 2.75) is 19.5 Å². The number of fused-ring (bicyclic) bond motifs is 2. The first-order chi connectivity index (χ1) is 17.3. The molecule has 0 unspecified atom stereocenters. The minimum Gasteiger partial charge on any atom is -0.491 e. The number of aldehydes is 1. The smallest absolute Gasteiger partial charge is 0.248 e. The Morgan fingerprint density at radius 2 is 1.64 bits per heavy atom. The number of methoxy groups -OCH3 is 1. The third-order valence-corrected chi connectivity index (χ3v) is 6.20. The predicted octanol–water partition coefficient (Wildman–Crippen LogP) is 2.90. The number of hydrogen-bond acceptors (Lipinski definition) is 8. The zero-order chi connectivity index (χ0) is 25.8. The highest BCUT2D eigenvalue weighted by Crippen LogP contribution is 2.31. The number of halogens is 1. The molecule has 0 spiro atoms. The van der Waals surface area contributed by atoms with Gasteiger partial charge in [0.1, 0.15) is 17.6 Å². The molecule has 0 saturated carbocycles. The molecule has 0 bridgehead atoms. The summed E-state index contributed by atoms with van der Waals surface area (Å²) in [6.45, 7) is 1.77. The molecule has 2 heterocycles. The summed E-state index contributed by atoms with van der Waals surface area (Å²) in [5.74, 6) is 0.490. The van der Waals surface area contributed by atoms with Gasteiger partial charge in [0.05, 0.1) is 23.2 Å². The molecule has 0 aliphatic rings. The van der Waals surface area contributed by atoms with Gasteiger partial charge in [0.25, 0.3) is 0 Å². The summed E-state index contributed by atoms with van der Waals surface area (Å²) in [7, 11) is 1.62. The fourth-order valence-electron chi connectivity index (χ4n) is 3.94. The van der Waals surface area contributed by atoms with Crippen LogP contribution in [0, 0.1) is 0 Å². The lowest BCUT2D eigenvalue weighted by molar-refractivity contribution is 0.0999. The van der Waals surface area contributed by atoms with Crippen LogP contribution < -0.4 is 21.9 Å². The van der Waals surface area contributed by atoms with Crippen molar-refractivity contribution >= 4 is 62.1 Å². The molecule has 0 aliphatic heterocycles. The van der Waals surface area contributed by atoms with Gasteiger partial charge in [-0.15, -0.1) is 0 Å². The monoisotopic (exact) mass is 555 g/mol. The van der Waals surface area contributed by atoms with Crippen LogP contribution in [0.5, 0.6) is 5.75 Å². The highest BCUT2D eigenvalue weighted by Gasteiger charge is 2.17. The number of nitrogens with two attached hydrogens (primary N) is 3. The zero-order valence-corrected chi connectivity index (χ0v) is 21.2. The van der Waals surface area contributed by atoms with E-state index in [1.165, 1.54) is 0 Å². The van der Waals surface area contributed by atoms with Crippen molar-refractivity contribution in [1.29, 1.82) is 0 Å². The molecule has 0 radical (unpaired) electrons. The van der Waals surface area contributed by atoms with Gasteiger partial charge in [-0.25, -0.2) is 9.97 Å². The second kappa shape index (κ2) is 10.8. The Bertz CT molecular complexity index is 1470. The van der Waals surface area contributed by atoms with Crippen molar-refractivity contribution in [3.05, 3.63) is 52.0 Å². The molecule has 11 nitrogen and oxygen atoms in total. The molecular weight excluding hydrogens is 530 g/mol. The first-order valence-corrected chi connectivity index (χ1v) is 11.9. The number of anilines is 2. The van der Waals surface area contributed by atoms with E-state index < -0.39 is 5.91 Å². The number of ether oxygens (including phenoxy) is 2. The van der Waals surface area contributed by atoms with Gasteiger partial charge in [-0.2, -0.15) is 0 Å². The molecular formula is C24H26BrN7O4. The summed E-state index contributed by atoms with van der Waals surface area (Å²) < 4.78 is 15.4. The van der Waals surface area contributed by atoms with Crippen LogP contribution in [0.15, 0.2) is 40.9 Å². The number of nitrogen functional groups attached to an aromatic ring is 2. The Hall–Kier alpha value is -3.90. The lowest BCUT2D eigenvalue weighted by Crippen LogP contribution is -2.12. The number of carbonyl (C=O) groups is 2. The first-order valence-electron chi connectivity index (χ1n) is 11.1. The van der Waals surface area contributed by atoms with Gasteiger partial charge in [-0.3, -0.25) is 9.59 Å². The van der Waals surface area contributed by atoms with Gasteiger partial charge in [0, 0.05) is 48.8 Å². The van der Waals surface area contributed by atoms with E-state index >= 15 is 0 Å². The van der Waals surface area contributed by atoms with E-state index in [1.54, 1.807) is 35.9 Å². The van der Waals surface area contributed by atoms with Gasteiger partial charge in [0.2, 0.25) is 17.8 Å². The lowest BCUT2D eigenvalue weighted by Gasteiger charge is -2.11. The molecule has 4 aromatic rings. The Kier molecular flexibility index (Phi) is 7.55. The van der Waals surface area contributed by atoms with E-state index in [0.717, 1.165) is 16.3 Å². The number of benzene rings is 2. The number of nitrogens with zero attached hydrogens (tertiary/aromatic N) is 4. The van der Waals surface area contributed by atoms with Crippen molar-refractivity contribution in [1.82, 2.24) is 19.1 Å². The van der Waals surface area contributed by atoms with Gasteiger partial charge in [-0.05, 0) is 40.2 Å². The van der Waals surface area contributed by atoms with Crippen LogP contribution in [0.25, 0.3) is 22.1 Å². The molecule has 0 fully saturated rings. The number of imidazole rings is 2. The number of rotatable bonds is 11. The molecule has 1 amide bonds. The Labute approximate surface area is 215 Å². The van der Waals surface area contributed by atoms with E-state index in [1.807, 2.05) is 16.7 Å².